The normalized spacial score (nSPS) is 45.4. The second-order valence-electron chi connectivity index (χ2n) is 6.55. The molecule has 0 aromatic carbocycles. The predicted octanol–water partition coefficient (Wildman–Crippen LogP) is 2.25. The summed E-state index contributed by atoms with van der Waals surface area (Å²) < 4.78 is 0. The molecule has 16 heavy (non-hydrogen) atoms. The SMILES string of the molecule is CC1CC(NC2CC2)CN(C2CCC2C)C1. The van der Waals surface area contributed by atoms with Crippen LogP contribution in [0.5, 0.6) is 0 Å². The van der Waals surface area contributed by atoms with Crippen LogP contribution in [0.2, 0.25) is 0 Å². The quantitative estimate of drug-likeness (QED) is 0.788. The van der Waals surface area contributed by atoms with Gasteiger partial charge in [0, 0.05) is 31.2 Å². The van der Waals surface area contributed by atoms with E-state index >= 15 is 0 Å². The maximum absolute atomic E-state index is 3.83. The van der Waals surface area contributed by atoms with E-state index in [-0.39, 0.29) is 0 Å². The van der Waals surface area contributed by atoms with Crippen molar-refractivity contribution < 1.29 is 0 Å². The summed E-state index contributed by atoms with van der Waals surface area (Å²) >= 11 is 0. The van der Waals surface area contributed by atoms with Crippen LogP contribution in [-0.4, -0.2) is 36.1 Å². The molecule has 2 saturated carbocycles. The van der Waals surface area contributed by atoms with E-state index in [4.69, 9.17) is 0 Å². The molecule has 3 fully saturated rings. The predicted molar refractivity (Wildman–Crippen MR) is 67.5 cm³/mol. The van der Waals surface area contributed by atoms with Crippen LogP contribution >= 0.6 is 0 Å². The van der Waals surface area contributed by atoms with Gasteiger partial charge in [-0.05, 0) is 43.9 Å². The highest BCUT2D eigenvalue weighted by Crippen LogP contribution is 2.34. The molecular formula is C14H26N2. The van der Waals surface area contributed by atoms with Crippen LogP contribution in [0.15, 0.2) is 0 Å². The molecule has 4 atom stereocenters. The maximum Gasteiger partial charge on any atom is 0.0200 e. The summed E-state index contributed by atoms with van der Waals surface area (Å²) in [5.41, 5.74) is 0. The van der Waals surface area contributed by atoms with Gasteiger partial charge in [0.1, 0.15) is 0 Å². The minimum Gasteiger partial charge on any atom is -0.310 e. The maximum atomic E-state index is 3.83. The third-order valence-electron chi connectivity index (χ3n) is 4.78. The number of likely N-dealkylation sites (tertiary alicyclic amines) is 1. The van der Waals surface area contributed by atoms with E-state index < -0.39 is 0 Å². The lowest BCUT2D eigenvalue weighted by molar-refractivity contribution is 0.0261. The van der Waals surface area contributed by atoms with Crippen LogP contribution in [0.1, 0.15) is 46.0 Å². The molecule has 1 saturated heterocycles. The molecule has 1 aliphatic heterocycles. The minimum absolute atomic E-state index is 0.782. The van der Waals surface area contributed by atoms with Crippen molar-refractivity contribution in [2.75, 3.05) is 13.1 Å². The first-order valence-corrected chi connectivity index (χ1v) is 7.22. The first kappa shape index (κ1) is 11.0. The zero-order valence-corrected chi connectivity index (χ0v) is 10.8. The highest BCUT2D eigenvalue weighted by Gasteiger charge is 2.37. The van der Waals surface area contributed by atoms with Gasteiger partial charge >= 0.3 is 0 Å². The molecule has 3 rings (SSSR count). The highest BCUT2D eigenvalue weighted by atomic mass is 15.2. The second-order valence-corrected chi connectivity index (χ2v) is 6.55. The van der Waals surface area contributed by atoms with Gasteiger partial charge in [-0.25, -0.2) is 0 Å². The van der Waals surface area contributed by atoms with Crippen LogP contribution in [0.25, 0.3) is 0 Å². The van der Waals surface area contributed by atoms with Gasteiger partial charge in [-0.15, -0.1) is 0 Å². The van der Waals surface area contributed by atoms with Crippen LogP contribution in [0.4, 0.5) is 0 Å². The van der Waals surface area contributed by atoms with Gasteiger partial charge < -0.3 is 5.32 Å². The van der Waals surface area contributed by atoms with Crippen molar-refractivity contribution in [3.63, 3.8) is 0 Å². The molecule has 0 spiro atoms. The van der Waals surface area contributed by atoms with Crippen molar-refractivity contribution in [3.8, 4) is 0 Å². The monoisotopic (exact) mass is 222 g/mol. The Labute approximate surface area is 99.8 Å². The van der Waals surface area contributed by atoms with Crippen LogP contribution in [0, 0.1) is 11.8 Å². The molecule has 1 heterocycles. The van der Waals surface area contributed by atoms with Crippen LogP contribution in [-0.2, 0) is 0 Å². The Morgan fingerprint density at radius 2 is 1.75 bits per heavy atom. The number of hydrogen-bond acceptors (Lipinski definition) is 2. The minimum atomic E-state index is 0.782. The van der Waals surface area contributed by atoms with Gasteiger partial charge in [-0.1, -0.05) is 13.8 Å². The molecule has 0 bridgehead atoms. The molecule has 1 N–H and O–H groups in total. The topological polar surface area (TPSA) is 15.3 Å². The zero-order valence-electron chi connectivity index (χ0n) is 10.8. The molecule has 0 radical (unpaired) electrons. The first-order valence-electron chi connectivity index (χ1n) is 7.22. The second kappa shape index (κ2) is 4.30. The van der Waals surface area contributed by atoms with Crippen molar-refractivity contribution in [1.29, 1.82) is 0 Å². The fourth-order valence-electron chi connectivity index (χ4n) is 3.56. The average molecular weight is 222 g/mol. The Hall–Kier alpha value is -0.0800. The fraction of sp³-hybridized carbons (Fsp3) is 1.00. The fourth-order valence-corrected chi connectivity index (χ4v) is 3.56. The number of nitrogens with zero attached hydrogens (tertiary/aromatic N) is 1. The van der Waals surface area contributed by atoms with Crippen molar-refractivity contribution >= 4 is 0 Å². The Morgan fingerprint density at radius 3 is 2.31 bits per heavy atom. The average Bonchev–Trinajstić information content (AvgIpc) is 2.98. The van der Waals surface area contributed by atoms with E-state index in [1.165, 1.54) is 45.2 Å². The van der Waals surface area contributed by atoms with Crippen LogP contribution in [0.3, 0.4) is 0 Å². The van der Waals surface area contributed by atoms with Crippen molar-refractivity contribution in [1.82, 2.24) is 10.2 Å². The number of hydrogen-bond donors (Lipinski definition) is 1. The molecule has 0 aromatic heterocycles. The largest absolute Gasteiger partial charge is 0.310 e. The van der Waals surface area contributed by atoms with Crippen molar-refractivity contribution in [2.45, 2.75) is 64.1 Å². The lowest BCUT2D eigenvalue weighted by Gasteiger charge is -2.48. The van der Waals surface area contributed by atoms with Gasteiger partial charge in [0.25, 0.3) is 0 Å². The number of rotatable bonds is 3. The molecular weight excluding hydrogens is 196 g/mol. The third-order valence-corrected chi connectivity index (χ3v) is 4.78. The van der Waals surface area contributed by atoms with E-state index in [1.54, 1.807) is 0 Å². The molecule has 3 aliphatic rings. The van der Waals surface area contributed by atoms with E-state index in [9.17, 15) is 0 Å². The molecule has 2 heteroatoms. The van der Waals surface area contributed by atoms with Gasteiger partial charge in [-0.3, -0.25) is 4.90 Å². The van der Waals surface area contributed by atoms with Gasteiger partial charge in [0.05, 0.1) is 0 Å². The summed E-state index contributed by atoms with van der Waals surface area (Å²) in [6, 6.07) is 2.56. The van der Waals surface area contributed by atoms with E-state index in [2.05, 4.69) is 24.1 Å². The van der Waals surface area contributed by atoms with Crippen molar-refractivity contribution in [2.24, 2.45) is 11.8 Å². The lowest BCUT2D eigenvalue weighted by Crippen LogP contribution is -2.56. The summed E-state index contributed by atoms with van der Waals surface area (Å²) in [5, 5.41) is 3.83. The van der Waals surface area contributed by atoms with Gasteiger partial charge in [0.2, 0.25) is 0 Å². The summed E-state index contributed by atoms with van der Waals surface area (Å²) in [6.07, 6.45) is 7.14. The van der Waals surface area contributed by atoms with Crippen LogP contribution < -0.4 is 5.32 Å². The van der Waals surface area contributed by atoms with Crippen molar-refractivity contribution in [3.05, 3.63) is 0 Å². The summed E-state index contributed by atoms with van der Waals surface area (Å²) in [4.78, 5) is 2.78. The van der Waals surface area contributed by atoms with E-state index in [0.717, 1.165) is 30.0 Å². The Balaban J connectivity index is 1.56. The van der Waals surface area contributed by atoms with E-state index in [0.29, 0.717) is 0 Å². The Morgan fingerprint density at radius 1 is 0.938 bits per heavy atom. The van der Waals surface area contributed by atoms with E-state index in [1.807, 2.05) is 0 Å². The molecule has 92 valence electrons. The molecule has 0 aromatic rings. The smallest absolute Gasteiger partial charge is 0.0200 e. The number of nitrogens with one attached hydrogen (secondary N) is 1. The third kappa shape index (κ3) is 2.28. The summed E-state index contributed by atoms with van der Waals surface area (Å²) in [5.74, 6) is 1.84. The highest BCUT2D eigenvalue weighted by molar-refractivity contribution is 4.94. The zero-order chi connectivity index (χ0) is 11.1. The Bertz CT molecular complexity index is 247. The van der Waals surface area contributed by atoms with Gasteiger partial charge in [-0.2, -0.15) is 0 Å². The molecule has 2 aliphatic carbocycles. The standard InChI is InChI=1S/C14H26N2/c1-10-7-13(15-12-4-5-12)9-16(8-10)14-6-3-11(14)2/h10-15H,3-9H2,1-2H3. The Kier molecular flexibility index (Phi) is 2.97. The number of piperidine rings is 1. The van der Waals surface area contributed by atoms with Gasteiger partial charge in [0.15, 0.2) is 0 Å². The summed E-state index contributed by atoms with van der Waals surface area (Å²) in [6.45, 7) is 7.52. The lowest BCUT2D eigenvalue weighted by atomic mass is 9.78. The molecule has 2 nitrogen and oxygen atoms in total. The first-order chi connectivity index (χ1) is 7.72. The molecule has 0 amide bonds. The molecule has 4 unspecified atom stereocenters. The summed E-state index contributed by atoms with van der Waals surface area (Å²) in [7, 11) is 0.